The fourth-order valence-electron chi connectivity index (χ4n) is 2.59. The molecule has 0 radical (unpaired) electrons. The first-order chi connectivity index (χ1) is 13.9. The Bertz CT molecular complexity index is 826. The van der Waals surface area contributed by atoms with E-state index in [4.69, 9.17) is 18.9 Å². The number of nitrogens with one attached hydrogen (secondary N) is 2. The van der Waals surface area contributed by atoms with Crippen LogP contribution in [0.3, 0.4) is 0 Å². The first kappa shape index (κ1) is 21.9. The summed E-state index contributed by atoms with van der Waals surface area (Å²) in [6.07, 6.45) is -0.322. The molecule has 0 aliphatic rings. The Morgan fingerprint density at radius 1 is 0.931 bits per heavy atom. The van der Waals surface area contributed by atoms with Crippen molar-refractivity contribution in [1.29, 1.82) is 0 Å². The van der Waals surface area contributed by atoms with Gasteiger partial charge in [-0.1, -0.05) is 24.6 Å². The lowest BCUT2D eigenvalue weighted by Crippen LogP contribution is -2.48. The van der Waals surface area contributed by atoms with E-state index in [0.717, 1.165) is 5.56 Å². The molecular weight excluding hydrogens is 376 g/mol. The van der Waals surface area contributed by atoms with Gasteiger partial charge < -0.3 is 18.9 Å². The zero-order valence-corrected chi connectivity index (χ0v) is 17.2. The lowest BCUT2D eigenvalue weighted by molar-refractivity contribution is -0.128. The van der Waals surface area contributed by atoms with Gasteiger partial charge in [0.05, 0.1) is 21.3 Å². The Morgan fingerprint density at radius 3 is 2.00 bits per heavy atom. The highest BCUT2D eigenvalue weighted by atomic mass is 16.5. The van der Waals surface area contributed by atoms with Crippen LogP contribution in [0.2, 0.25) is 0 Å². The summed E-state index contributed by atoms with van der Waals surface area (Å²) in [5, 5.41) is 0. The summed E-state index contributed by atoms with van der Waals surface area (Å²) < 4.78 is 21.4. The summed E-state index contributed by atoms with van der Waals surface area (Å²) in [6.45, 7) is 3.78. The van der Waals surface area contributed by atoms with E-state index >= 15 is 0 Å². The largest absolute Gasteiger partial charge is 0.493 e. The second kappa shape index (κ2) is 10.2. The van der Waals surface area contributed by atoms with Crippen LogP contribution in [0.4, 0.5) is 0 Å². The van der Waals surface area contributed by atoms with Gasteiger partial charge in [0.2, 0.25) is 5.75 Å². The Balaban J connectivity index is 2.05. The number of carbonyl (C=O) groups is 2. The number of hydrazine groups is 1. The normalized spacial score (nSPS) is 11.2. The van der Waals surface area contributed by atoms with Crippen molar-refractivity contribution in [2.45, 2.75) is 26.4 Å². The first-order valence-corrected chi connectivity index (χ1v) is 9.07. The van der Waals surface area contributed by atoms with E-state index in [1.807, 2.05) is 26.0 Å². The van der Waals surface area contributed by atoms with Crippen LogP contribution in [-0.2, 0) is 4.79 Å². The second-order valence-corrected chi connectivity index (χ2v) is 6.19. The minimum Gasteiger partial charge on any atom is -0.493 e. The fraction of sp³-hybridized carbons (Fsp3) is 0.333. The molecule has 0 aliphatic carbocycles. The standard InChI is InChI=1S/C21H26N2O6/c1-6-16(29-15-9-7-13(2)8-10-15)21(25)23-22-20(24)14-11-17(26-3)19(28-5)18(12-14)27-4/h7-12,16H,6H2,1-5H3,(H,22,24)(H,23,25). The molecule has 2 rings (SSSR count). The maximum absolute atomic E-state index is 12.5. The molecule has 0 heterocycles. The van der Waals surface area contributed by atoms with Gasteiger partial charge in [-0.05, 0) is 37.6 Å². The Hall–Kier alpha value is -3.42. The van der Waals surface area contributed by atoms with E-state index in [-0.39, 0.29) is 5.56 Å². The Labute approximate surface area is 170 Å². The first-order valence-electron chi connectivity index (χ1n) is 9.07. The molecule has 0 spiro atoms. The number of amides is 2. The smallest absolute Gasteiger partial charge is 0.279 e. The second-order valence-electron chi connectivity index (χ2n) is 6.19. The molecule has 156 valence electrons. The van der Waals surface area contributed by atoms with Gasteiger partial charge in [-0.2, -0.15) is 0 Å². The molecule has 2 aromatic rings. The lowest BCUT2D eigenvalue weighted by Gasteiger charge is -2.18. The molecule has 0 bridgehead atoms. The monoisotopic (exact) mass is 402 g/mol. The minimum atomic E-state index is -0.752. The van der Waals surface area contributed by atoms with Crippen LogP contribution < -0.4 is 29.8 Å². The van der Waals surface area contributed by atoms with Gasteiger partial charge in [-0.3, -0.25) is 20.4 Å². The summed E-state index contributed by atoms with van der Waals surface area (Å²) in [5.41, 5.74) is 6.09. The number of aryl methyl sites for hydroxylation is 1. The number of hydrogen-bond donors (Lipinski definition) is 2. The molecule has 1 atom stereocenters. The highest BCUT2D eigenvalue weighted by Gasteiger charge is 2.21. The summed E-state index contributed by atoms with van der Waals surface area (Å²) in [4.78, 5) is 24.9. The van der Waals surface area contributed by atoms with Gasteiger partial charge in [-0.25, -0.2) is 0 Å². The predicted octanol–water partition coefficient (Wildman–Crippen LogP) is 2.64. The maximum atomic E-state index is 12.5. The van der Waals surface area contributed by atoms with Crippen LogP contribution in [-0.4, -0.2) is 39.2 Å². The fourth-order valence-corrected chi connectivity index (χ4v) is 2.59. The highest BCUT2D eigenvalue weighted by molar-refractivity contribution is 5.97. The van der Waals surface area contributed by atoms with Gasteiger partial charge in [-0.15, -0.1) is 0 Å². The SMILES string of the molecule is CCC(Oc1ccc(C)cc1)C(=O)NNC(=O)c1cc(OC)c(OC)c(OC)c1. The Kier molecular flexibility index (Phi) is 7.70. The van der Waals surface area contributed by atoms with Crippen LogP contribution >= 0.6 is 0 Å². The van der Waals surface area contributed by atoms with Crippen molar-refractivity contribution in [1.82, 2.24) is 10.9 Å². The Morgan fingerprint density at radius 2 is 1.52 bits per heavy atom. The van der Waals surface area contributed by atoms with Crippen molar-refractivity contribution < 1.29 is 28.5 Å². The molecule has 0 saturated heterocycles. The third kappa shape index (κ3) is 5.54. The molecular formula is C21H26N2O6. The average molecular weight is 402 g/mol. The molecule has 2 aromatic carbocycles. The summed E-state index contributed by atoms with van der Waals surface area (Å²) in [5.74, 6) is 0.605. The average Bonchev–Trinajstić information content (AvgIpc) is 2.75. The molecule has 0 aliphatic heterocycles. The molecule has 0 saturated carbocycles. The number of ether oxygens (including phenoxy) is 4. The van der Waals surface area contributed by atoms with Crippen molar-refractivity contribution in [3.8, 4) is 23.0 Å². The van der Waals surface area contributed by atoms with E-state index in [0.29, 0.717) is 29.4 Å². The molecule has 29 heavy (non-hydrogen) atoms. The van der Waals surface area contributed by atoms with Crippen LogP contribution in [0.5, 0.6) is 23.0 Å². The van der Waals surface area contributed by atoms with E-state index in [9.17, 15) is 9.59 Å². The van der Waals surface area contributed by atoms with E-state index in [1.54, 1.807) is 12.1 Å². The van der Waals surface area contributed by atoms with E-state index in [2.05, 4.69) is 10.9 Å². The molecule has 2 N–H and O–H groups in total. The van der Waals surface area contributed by atoms with Crippen LogP contribution in [0.25, 0.3) is 0 Å². The number of methoxy groups -OCH3 is 3. The van der Waals surface area contributed by atoms with Gasteiger partial charge >= 0.3 is 0 Å². The summed E-state index contributed by atoms with van der Waals surface area (Å²) in [6, 6.07) is 10.4. The molecule has 8 nitrogen and oxygen atoms in total. The minimum absolute atomic E-state index is 0.229. The predicted molar refractivity (Wildman–Crippen MR) is 108 cm³/mol. The van der Waals surface area contributed by atoms with Crippen molar-refractivity contribution in [3.63, 3.8) is 0 Å². The van der Waals surface area contributed by atoms with Crippen LogP contribution in [0, 0.1) is 6.92 Å². The van der Waals surface area contributed by atoms with Crippen LogP contribution in [0.1, 0.15) is 29.3 Å². The quantitative estimate of drug-likeness (QED) is 0.659. The van der Waals surface area contributed by atoms with Crippen molar-refractivity contribution in [2.75, 3.05) is 21.3 Å². The van der Waals surface area contributed by atoms with Crippen molar-refractivity contribution >= 4 is 11.8 Å². The highest BCUT2D eigenvalue weighted by Crippen LogP contribution is 2.38. The third-order valence-corrected chi connectivity index (χ3v) is 4.19. The number of carbonyl (C=O) groups excluding carboxylic acids is 2. The lowest BCUT2D eigenvalue weighted by atomic mass is 10.1. The molecule has 2 amide bonds. The van der Waals surface area contributed by atoms with E-state index in [1.165, 1.54) is 33.5 Å². The van der Waals surface area contributed by atoms with Crippen LogP contribution in [0.15, 0.2) is 36.4 Å². The zero-order chi connectivity index (χ0) is 21.4. The van der Waals surface area contributed by atoms with Gasteiger partial charge in [0.1, 0.15) is 5.75 Å². The van der Waals surface area contributed by atoms with Gasteiger partial charge in [0.15, 0.2) is 17.6 Å². The van der Waals surface area contributed by atoms with E-state index < -0.39 is 17.9 Å². The van der Waals surface area contributed by atoms with Crippen molar-refractivity contribution in [3.05, 3.63) is 47.5 Å². The summed E-state index contributed by atoms with van der Waals surface area (Å²) in [7, 11) is 4.38. The number of benzene rings is 2. The number of rotatable bonds is 8. The van der Waals surface area contributed by atoms with Gasteiger partial charge in [0, 0.05) is 5.56 Å². The third-order valence-electron chi connectivity index (χ3n) is 4.19. The molecule has 0 aromatic heterocycles. The van der Waals surface area contributed by atoms with Gasteiger partial charge in [0.25, 0.3) is 11.8 Å². The van der Waals surface area contributed by atoms with Crippen molar-refractivity contribution in [2.24, 2.45) is 0 Å². The summed E-state index contributed by atoms with van der Waals surface area (Å²) >= 11 is 0. The maximum Gasteiger partial charge on any atom is 0.279 e. The topological polar surface area (TPSA) is 95.1 Å². The number of hydrogen-bond acceptors (Lipinski definition) is 6. The molecule has 8 heteroatoms. The molecule has 0 fully saturated rings. The zero-order valence-electron chi connectivity index (χ0n) is 17.2. The molecule has 1 unspecified atom stereocenters.